The molecule has 1 aromatic carbocycles. The second kappa shape index (κ2) is 4.82. The summed E-state index contributed by atoms with van der Waals surface area (Å²) in [6.45, 7) is 0. The predicted octanol–water partition coefficient (Wildman–Crippen LogP) is 2.81. The lowest BCUT2D eigenvalue weighted by molar-refractivity contribution is -0.139. The number of aliphatic hydroxyl groups excluding tert-OH is 1. The number of fused-ring (bicyclic) bond motifs is 1. The van der Waals surface area contributed by atoms with E-state index in [4.69, 9.17) is 9.99 Å². The van der Waals surface area contributed by atoms with E-state index in [1.807, 2.05) is 0 Å². The molecule has 0 aromatic heterocycles. The number of rotatable bonds is 3. The number of hydrogen-bond acceptors (Lipinski definition) is 4. The van der Waals surface area contributed by atoms with E-state index in [1.165, 1.54) is 12.1 Å². The maximum atomic E-state index is 14.0. The standard InChI is InChI=1S/C13H13F3O4/c14-5-3-6(4-5)19-7-1-2-8(20-18)10-9(7)11(15)12(16)13(10)17/h1-2,5-6,11-13,17-18H,3-4H2/t5?,6?,11-,12-,13+/m1/s1. The molecule has 20 heavy (non-hydrogen) atoms. The number of ether oxygens (including phenoxy) is 1. The quantitative estimate of drug-likeness (QED) is 0.664. The van der Waals surface area contributed by atoms with Crippen molar-refractivity contribution in [1.29, 1.82) is 0 Å². The lowest BCUT2D eigenvalue weighted by atomic mass is 9.93. The van der Waals surface area contributed by atoms with E-state index in [0.717, 1.165) is 0 Å². The summed E-state index contributed by atoms with van der Waals surface area (Å²) in [7, 11) is 0. The lowest BCUT2D eigenvalue weighted by Crippen LogP contribution is -2.35. The zero-order valence-corrected chi connectivity index (χ0v) is 10.3. The molecule has 0 aliphatic heterocycles. The van der Waals surface area contributed by atoms with Gasteiger partial charge in [-0.3, -0.25) is 0 Å². The van der Waals surface area contributed by atoms with Gasteiger partial charge < -0.3 is 14.7 Å². The van der Waals surface area contributed by atoms with Crippen LogP contribution < -0.4 is 9.62 Å². The first-order chi connectivity index (χ1) is 9.52. The van der Waals surface area contributed by atoms with Crippen LogP contribution in [0.25, 0.3) is 0 Å². The zero-order valence-electron chi connectivity index (χ0n) is 10.3. The van der Waals surface area contributed by atoms with Crippen molar-refractivity contribution in [2.45, 2.75) is 43.6 Å². The molecule has 110 valence electrons. The van der Waals surface area contributed by atoms with E-state index in [1.54, 1.807) is 0 Å². The molecule has 0 radical (unpaired) electrons. The third-order valence-electron chi connectivity index (χ3n) is 3.79. The van der Waals surface area contributed by atoms with Crippen LogP contribution in [0.3, 0.4) is 0 Å². The Hall–Kier alpha value is -1.47. The first-order valence-electron chi connectivity index (χ1n) is 6.28. The number of alkyl halides is 3. The minimum atomic E-state index is -2.15. The Balaban J connectivity index is 1.97. The van der Waals surface area contributed by atoms with Crippen molar-refractivity contribution in [3.8, 4) is 11.5 Å². The van der Waals surface area contributed by atoms with Crippen LogP contribution in [0.2, 0.25) is 0 Å². The molecule has 1 aromatic rings. The molecular formula is C13H13F3O4. The van der Waals surface area contributed by atoms with Crippen LogP contribution in [0, 0.1) is 0 Å². The molecule has 0 saturated heterocycles. The van der Waals surface area contributed by atoms with Gasteiger partial charge in [0.05, 0.1) is 0 Å². The number of halogens is 3. The van der Waals surface area contributed by atoms with E-state index in [-0.39, 0.29) is 35.5 Å². The van der Waals surface area contributed by atoms with Gasteiger partial charge in [-0.05, 0) is 12.1 Å². The highest BCUT2D eigenvalue weighted by molar-refractivity contribution is 5.55. The number of aliphatic hydroxyl groups is 1. The van der Waals surface area contributed by atoms with Gasteiger partial charge in [-0.25, -0.2) is 18.4 Å². The first-order valence-corrected chi connectivity index (χ1v) is 6.28. The first kappa shape index (κ1) is 13.5. The summed E-state index contributed by atoms with van der Waals surface area (Å²) >= 11 is 0. The molecule has 1 saturated carbocycles. The molecule has 3 atom stereocenters. The van der Waals surface area contributed by atoms with Gasteiger partial charge in [-0.1, -0.05) is 0 Å². The normalized spacial score (nSPS) is 35.4. The zero-order chi connectivity index (χ0) is 14.4. The second-order valence-corrected chi connectivity index (χ2v) is 5.08. The Kier molecular flexibility index (Phi) is 3.25. The molecule has 0 bridgehead atoms. The molecule has 0 amide bonds. The van der Waals surface area contributed by atoms with Crippen LogP contribution in [0.4, 0.5) is 13.2 Å². The van der Waals surface area contributed by atoms with Gasteiger partial charge in [-0.2, -0.15) is 0 Å². The molecule has 0 spiro atoms. The Bertz CT molecular complexity index is 519. The highest BCUT2D eigenvalue weighted by Crippen LogP contribution is 2.51. The van der Waals surface area contributed by atoms with Crippen molar-refractivity contribution in [2.75, 3.05) is 0 Å². The molecule has 7 heteroatoms. The summed E-state index contributed by atoms with van der Waals surface area (Å²) < 4.78 is 45.8. The van der Waals surface area contributed by atoms with Crippen LogP contribution in [-0.4, -0.2) is 28.8 Å². The van der Waals surface area contributed by atoms with E-state index >= 15 is 0 Å². The average Bonchev–Trinajstić information content (AvgIpc) is 2.63. The van der Waals surface area contributed by atoms with Crippen molar-refractivity contribution >= 4 is 0 Å². The Morgan fingerprint density at radius 1 is 1.05 bits per heavy atom. The molecular weight excluding hydrogens is 277 g/mol. The Morgan fingerprint density at radius 2 is 1.70 bits per heavy atom. The summed E-state index contributed by atoms with van der Waals surface area (Å²) in [5.74, 6) is -0.177. The molecule has 2 aliphatic rings. The van der Waals surface area contributed by atoms with Crippen LogP contribution in [0.1, 0.15) is 36.2 Å². The van der Waals surface area contributed by atoms with Gasteiger partial charge in [0.2, 0.25) is 0 Å². The Labute approximate surface area is 112 Å². The van der Waals surface area contributed by atoms with Crippen molar-refractivity contribution in [1.82, 2.24) is 0 Å². The highest BCUT2D eigenvalue weighted by Gasteiger charge is 2.46. The summed E-state index contributed by atoms with van der Waals surface area (Å²) in [5, 5.41) is 18.4. The fourth-order valence-electron chi connectivity index (χ4n) is 2.62. The maximum absolute atomic E-state index is 14.0. The monoisotopic (exact) mass is 290 g/mol. The summed E-state index contributed by atoms with van der Waals surface area (Å²) in [6, 6.07) is 2.56. The summed E-state index contributed by atoms with van der Waals surface area (Å²) in [4.78, 5) is 4.03. The number of benzene rings is 1. The molecule has 0 unspecified atom stereocenters. The summed E-state index contributed by atoms with van der Waals surface area (Å²) in [6.07, 6.45) is -6.89. The third-order valence-corrected chi connectivity index (χ3v) is 3.79. The second-order valence-electron chi connectivity index (χ2n) is 5.08. The van der Waals surface area contributed by atoms with Crippen molar-refractivity contribution in [3.05, 3.63) is 23.3 Å². The number of hydrogen-bond donors (Lipinski definition) is 2. The molecule has 4 nitrogen and oxygen atoms in total. The molecule has 2 N–H and O–H groups in total. The van der Waals surface area contributed by atoms with Gasteiger partial charge in [0, 0.05) is 24.0 Å². The fourth-order valence-corrected chi connectivity index (χ4v) is 2.62. The van der Waals surface area contributed by atoms with Crippen LogP contribution >= 0.6 is 0 Å². The van der Waals surface area contributed by atoms with Gasteiger partial charge in [0.1, 0.15) is 24.1 Å². The average molecular weight is 290 g/mol. The van der Waals surface area contributed by atoms with Crippen LogP contribution in [-0.2, 0) is 0 Å². The van der Waals surface area contributed by atoms with Crippen LogP contribution in [0.5, 0.6) is 11.5 Å². The summed E-state index contributed by atoms with van der Waals surface area (Å²) in [5.41, 5.74) is -0.347. The molecule has 3 rings (SSSR count). The maximum Gasteiger partial charge on any atom is 0.171 e. The minimum absolute atomic E-state index is 0.0457. The highest BCUT2D eigenvalue weighted by atomic mass is 19.2. The van der Waals surface area contributed by atoms with Crippen LogP contribution in [0.15, 0.2) is 12.1 Å². The Morgan fingerprint density at radius 3 is 2.30 bits per heavy atom. The molecule has 1 fully saturated rings. The lowest BCUT2D eigenvalue weighted by Gasteiger charge is -2.31. The van der Waals surface area contributed by atoms with E-state index < -0.39 is 30.7 Å². The third kappa shape index (κ3) is 1.92. The molecule has 2 aliphatic carbocycles. The van der Waals surface area contributed by atoms with E-state index in [2.05, 4.69) is 4.89 Å². The SMILES string of the molecule is OOc1ccc(OC2CC(F)C2)c2c1[C@H](O)[C@H](F)[C@@H]2F. The van der Waals surface area contributed by atoms with Gasteiger partial charge in [0.25, 0.3) is 0 Å². The predicted molar refractivity (Wildman–Crippen MR) is 61.9 cm³/mol. The van der Waals surface area contributed by atoms with Gasteiger partial charge in [-0.15, -0.1) is 0 Å². The topological polar surface area (TPSA) is 58.9 Å². The van der Waals surface area contributed by atoms with Crippen molar-refractivity contribution < 1.29 is 33.2 Å². The van der Waals surface area contributed by atoms with Crippen molar-refractivity contribution in [3.63, 3.8) is 0 Å². The largest absolute Gasteiger partial charge is 0.490 e. The minimum Gasteiger partial charge on any atom is -0.490 e. The fraction of sp³-hybridized carbons (Fsp3) is 0.538. The van der Waals surface area contributed by atoms with E-state index in [0.29, 0.717) is 0 Å². The molecule has 0 heterocycles. The smallest absolute Gasteiger partial charge is 0.171 e. The van der Waals surface area contributed by atoms with Gasteiger partial charge >= 0.3 is 0 Å². The van der Waals surface area contributed by atoms with Crippen molar-refractivity contribution in [2.24, 2.45) is 0 Å². The van der Waals surface area contributed by atoms with E-state index in [9.17, 15) is 18.3 Å². The van der Waals surface area contributed by atoms with Gasteiger partial charge in [0.15, 0.2) is 18.1 Å².